The van der Waals surface area contributed by atoms with E-state index in [1.807, 2.05) is 0 Å². The summed E-state index contributed by atoms with van der Waals surface area (Å²) in [4.78, 5) is 0. The van der Waals surface area contributed by atoms with Crippen LogP contribution in [0.25, 0.3) is 11.0 Å². The summed E-state index contributed by atoms with van der Waals surface area (Å²) in [6, 6.07) is 4.86. The van der Waals surface area contributed by atoms with Crippen LogP contribution in [-0.2, 0) is 11.8 Å². The Morgan fingerprint density at radius 2 is 1.86 bits per heavy atom. The van der Waals surface area contributed by atoms with Crippen molar-refractivity contribution in [1.29, 1.82) is 0 Å². The van der Waals surface area contributed by atoms with Gasteiger partial charge in [0.25, 0.3) is 0 Å². The van der Waals surface area contributed by atoms with Gasteiger partial charge in [-0.25, -0.2) is 0 Å². The zero-order valence-electron chi connectivity index (χ0n) is 14.6. The Morgan fingerprint density at radius 3 is 2.38 bits per heavy atom. The van der Waals surface area contributed by atoms with E-state index in [2.05, 4.69) is 65.9 Å². The van der Waals surface area contributed by atoms with Crippen LogP contribution >= 0.6 is 0 Å². The monoisotopic (exact) mass is 287 g/mol. The molecule has 0 saturated carbocycles. The van der Waals surface area contributed by atoms with Crippen LogP contribution in [0.1, 0.15) is 70.0 Å². The zero-order chi connectivity index (χ0) is 15.8. The standard InChI is InChI=1S/C19H29NO/c1-8-14-10-15-12(3)17(13(4)20-9-2)21-18(15)16(11-14)19(5,6)7/h10-11,13,20H,8-9H2,1-7H3. The SMILES string of the molecule is CCNC(C)c1oc2c(C(C)(C)C)cc(CC)cc2c1C. The lowest BCUT2D eigenvalue weighted by molar-refractivity contribution is 0.450. The van der Waals surface area contributed by atoms with Gasteiger partial charge in [-0.3, -0.25) is 0 Å². The molecule has 2 heteroatoms. The van der Waals surface area contributed by atoms with Gasteiger partial charge in [0.05, 0.1) is 6.04 Å². The van der Waals surface area contributed by atoms with Crippen molar-refractivity contribution in [1.82, 2.24) is 5.32 Å². The van der Waals surface area contributed by atoms with E-state index >= 15 is 0 Å². The molecule has 0 spiro atoms. The lowest BCUT2D eigenvalue weighted by Gasteiger charge is -2.20. The van der Waals surface area contributed by atoms with E-state index in [4.69, 9.17) is 4.42 Å². The maximum atomic E-state index is 6.31. The maximum absolute atomic E-state index is 6.31. The molecule has 0 saturated heterocycles. The summed E-state index contributed by atoms with van der Waals surface area (Å²) < 4.78 is 6.31. The van der Waals surface area contributed by atoms with E-state index in [9.17, 15) is 0 Å². The number of hydrogen-bond acceptors (Lipinski definition) is 2. The number of benzene rings is 1. The van der Waals surface area contributed by atoms with Gasteiger partial charge in [-0.05, 0) is 49.4 Å². The largest absolute Gasteiger partial charge is 0.459 e. The van der Waals surface area contributed by atoms with Crippen LogP contribution in [0.5, 0.6) is 0 Å². The zero-order valence-corrected chi connectivity index (χ0v) is 14.6. The fraction of sp³-hybridized carbons (Fsp3) is 0.579. The molecule has 0 fully saturated rings. The second-order valence-electron chi connectivity index (χ2n) is 6.99. The maximum Gasteiger partial charge on any atom is 0.138 e. The molecule has 2 nitrogen and oxygen atoms in total. The summed E-state index contributed by atoms with van der Waals surface area (Å²) in [7, 11) is 0. The van der Waals surface area contributed by atoms with Gasteiger partial charge in [-0.15, -0.1) is 0 Å². The first-order valence-corrected chi connectivity index (χ1v) is 8.09. The van der Waals surface area contributed by atoms with Crippen molar-refractivity contribution in [3.05, 3.63) is 34.6 Å². The fourth-order valence-corrected chi connectivity index (χ4v) is 2.97. The smallest absolute Gasteiger partial charge is 0.138 e. The average Bonchev–Trinajstić information content (AvgIpc) is 2.74. The molecule has 1 aromatic carbocycles. The Bertz CT molecular complexity index is 631. The summed E-state index contributed by atoms with van der Waals surface area (Å²) in [5, 5.41) is 4.73. The normalized spacial score (nSPS) is 13.9. The quantitative estimate of drug-likeness (QED) is 0.828. The average molecular weight is 287 g/mol. The highest BCUT2D eigenvalue weighted by Crippen LogP contribution is 2.37. The van der Waals surface area contributed by atoms with Gasteiger partial charge in [-0.2, -0.15) is 0 Å². The Hall–Kier alpha value is -1.28. The first-order chi connectivity index (χ1) is 9.79. The molecule has 1 atom stereocenters. The molecule has 1 aromatic heterocycles. The van der Waals surface area contributed by atoms with Gasteiger partial charge in [-0.1, -0.05) is 40.7 Å². The Balaban J connectivity index is 2.71. The molecule has 0 aliphatic rings. The molecule has 0 amide bonds. The topological polar surface area (TPSA) is 25.2 Å². The van der Waals surface area contributed by atoms with Crippen molar-refractivity contribution in [2.24, 2.45) is 0 Å². The van der Waals surface area contributed by atoms with Crippen LogP contribution < -0.4 is 5.32 Å². The van der Waals surface area contributed by atoms with Crippen molar-refractivity contribution in [2.45, 2.75) is 66.3 Å². The van der Waals surface area contributed by atoms with Crippen LogP contribution in [0.15, 0.2) is 16.5 Å². The fourth-order valence-electron chi connectivity index (χ4n) is 2.97. The second-order valence-corrected chi connectivity index (χ2v) is 6.99. The van der Waals surface area contributed by atoms with E-state index < -0.39 is 0 Å². The second kappa shape index (κ2) is 5.84. The molecule has 1 N–H and O–H groups in total. The van der Waals surface area contributed by atoms with Gasteiger partial charge in [0.1, 0.15) is 11.3 Å². The molecule has 0 aliphatic heterocycles. The van der Waals surface area contributed by atoms with Gasteiger partial charge in [0.2, 0.25) is 0 Å². The van der Waals surface area contributed by atoms with E-state index in [1.54, 1.807) is 0 Å². The van der Waals surface area contributed by atoms with E-state index in [1.165, 1.54) is 22.1 Å². The van der Waals surface area contributed by atoms with Crippen LogP contribution in [0.3, 0.4) is 0 Å². The third kappa shape index (κ3) is 3.01. The molecule has 1 heterocycles. The number of hydrogen-bond donors (Lipinski definition) is 1. The Labute approximate surface area is 128 Å². The summed E-state index contributed by atoms with van der Waals surface area (Å²) in [5.74, 6) is 1.07. The van der Waals surface area contributed by atoms with E-state index in [0.717, 1.165) is 24.3 Å². The third-order valence-electron chi connectivity index (χ3n) is 4.25. The highest BCUT2D eigenvalue weighted by molar-refractivity contribution is 5.86. The summed E-state index contributed by atoms with van der Waals surface area (Å²) in [6.45, 7) is 16.4. The van der Waals surface area contributed by atoms with Crippen LogP contribution in [-0.4, -0.2) is 6.54 Å². The number of aryl methyl sites for hydroxylation is 2. The number of nitrogens with one attached hydrogen (secondary N) is 1. The first-order valence-electron chi connectivity index (χ1n) is 8.09. The highest BCUT2D eigenvalue weighted by atomic mass is 16.3. The number of furan rings is 1. The summed E-state index contributed by atoms with van der Waals surface area (Å²) >= 11 is 0. The van der Waals surface area contributed by atoms with Crippen molar-refractivity contribution < 1.29 is 4.42 Å². The molecule has 116 valence electrons. The lowest BCUT2D eigenvalue weighted by atomic mass is 9.84. The molecule has 21 heavy (non-hydrogen) atoms. The molecular weight excluding hydrogens is 258 g/mol. The predicted molar refractivity (Wildman–Crippen MR) is 91.1 cm³/mol. The van der Waals surface area contributed by atoms with Gasteiger partial charge in [0, 0.05) is 10.9 Å². The molecule has 2 rings (SSSR count). The van der Waals surface area contributed by atoms with Crippen molar-refractivity contribution >= 4 is 11.0 Å². The molecule has 2 aromatic rings. The van der Waals surface area contributed by atoms with Gasteiger partial charge in [0.15, 0.2) is 0 Å². The minimum atomic E-state index is 0.0897. The molecular formula is C19H29NO. The number of fused-ring (bicyclic) bond motifs is 1. The van der Waals surface area contributed by atoms with Crippen LogP contribution in [0, 0.1) is 6.92 Å². The van der Waals surface area contributed by atoms with Crippen molar-refractivity contribution in [2.75, 3.05) is 6.54 Å². The highest BCUT2D eigenvalue weighted by Gasteiger charge is 2.24. The minimum absolute atomic E-state index is 0.0897. The summed E-state index contributed by atoms with van der Waals surface area (Å²) in [6.07, 6.45) is 1.06. The van der Waals surface area contributed by atoms with Gasteiger partial charge >= 0.3 is 0 Å². The van der Waals surface area contributed by atoms with Crippen LogP contribution in [0.2, 0.25) is 0 Å². The van der Waals surface area contributed by atoms with Gasteiger partial charge < -0.3 is 9.73 Å². The number of rotatable bonds is 4. The Kier molecular flexibility index (Phi) is 4.48. The minimum Gasteiger partial charge on any atom is -0.459 e. The summed E-state index contributed by atoms with van der Waals surface area (Å²) in [5.41, 5.74) is 5.14. The molecule has 0 radical (unpaired) electrons. The Morgan fingerprint density at radius 1 is 1.19 bits per heavy atom. The van der Waals surface area contributed by atoms with E-state index in [0.29, 0.717) is 0 Å². The molecule has 0 aliphatic carbocycles. The molecule has 1 unspecified atom stereocenters. The molecule has 0 bridgehead atoms. The van der Waals surface area contributed by atoms with Crippen molar-refractivity contribution in [3.63, 3.8) is 0 Å². The lowest BCUT2D eigenvalue weighted by Crippen LogP contribution is -2.17. The van der Waals surface area contributed by atoms with Crippen LogP contribution in [0.4, 0.5) is 0 Å². The first kappa shape index (κ1) is 16.1. The predicted octanol–water partition coefficient (Wildman–Crippen LogP) is 5.27. The third-order valence-corrected chi connectivity index (χ3v) is 4.25. The van der Waals surface area contributed by atoms with Crippen molar-refractivity contribution in [3.8, 4) is 0 Å². The van der Waals surface area contributed by atoms with E-state index in [-0.39, 0.29) is 11.5 Å².